The van der Waals surface area contributed by atoms with E-state index in [9.17, 15) is 14.0 Å². The fourth-order valence-corrected chi connectivity index (χ4v) is 2.69. The molecular formula is C20H17FN2O2. The SMILES string of the molecule is Cc1ccc(C(=O)Cn2cnc(-c3ccc(F)cc3)cc2=O)c(C)c1. The van der Waals surface area contributed by atoms with Gasteiger partial charge in [0.15, 0.2) is 5.78 Å². The summed E-state index contributed by atoms with van der Waals surface area (Å²) in [5.74, 6) is -0.493. The molecule has 1 aromatic heterocycles. The highest BCUT2D eigenvalue weighted by molar-refractivity contribution is 5.97. The number of Topliss-reactive ketones (excluding diaryl/α,β-unsaturated/α-hetero) is 1. The van der Waals surface area contributed by atoms with Gasteiger partial charge in [-0.3, -0.25) is 14.2 Å². The third-order valence-corrected chi connectivity index (χ3v) is 4.02. The van der Waals surface area contributed by atoms with Crippen LogP contribution in [0.5, 0.6) is 0 Å². The first kappa shape index (κ1) is 16.8. The first-order chi connectivity index (χ1) is 11.9. The summed E-state index contributed by atoms with van der Waals surface area (Å²) in [6.07, 6.45) is 1.35. The fourth-order valence-electron chi connectivity index (χ4n) is 2.69. The normalized spacial score (nSPS) is 10.7. The Balaban J connectivity index is 1.85. The molecule has 4 nitrogen and oxygen atoms in total. The summed E-state index contributed by atoms with van der Waals surface area (Å²) >= 11 is 0. The summed E-state index contributed by atoms with van der Waals surface area (Å²) < 4.78 is 14.3. The molecule has 25 heavy (non-hydrogen) atoms. The number of ketones is 1. The van der Waals surface area contributed by atoms with Gasteiger partial charge in [0.25, 0.3) is 5.56 Å². The number of rotatable bonds is 4. The van der Waals surface area contributed by atoms with Crippen molar-refractivity contribution in [1.29, 1.82) is 0 Å². The van der Waals surface area contributed by atoms with Crippen molar-refractivity contribution < 1.29 is 9.18 Å². The molecule has 5 heteroatoms. The molecule has 0 atom stereocenters. The van der Waals surface area contributed by atoms with Crippen LogP contribution >= 0.6 is 0 Å². The summed E-state index contributed by atoms with van der Waals surface area (Å²) in [6, 6.07) is 12.7. The van der Waals surface area contributed by atoms with Crippen LogP contribution in [0.4, 0.5) is 4.39 Å². The molecule has 126 valence electrons. The molecule has 1 heterocycles. The molecule has 0 aliphatic heterocycles. The summed E-state index contributed by atoms with van der Waals surface area (Å²) in [6.45, 7) is 3.77. The largest absolute Gasteiger partial charge is 0.292 e. The number of halogens is 1. The number of carbonyl (C=O) groups is 1. The first-order valence-corrected chi connectivity index (χ1v) is 7.87. The summed E-state index contributed by atoms with van der Waals surface area (Å²) in [5.41, 5.74) is 3.32. The lowest BCUT2D eigenvalue weighted by molar-refractivity contribution is 0.0970. The third-order valence-electron chi connectivity index (χ3n) is 4.02. The van der Waals surface area contributed by atoms with E-state index in [1.54, 1.807) is 18.2 Å². The Kier molecular flexibility index (Phi) is 4.57. The molecule has 0 aliphatic carbocycles. The predicted octanol–water partition coefficient (Wildman–Crippen LogP) is 3.55. The van der Waals surface area contributed by atoms with Gasteiger partial charge in [-0.25, -0.2) is 9.37 Å². The van der Waals surface area contributed by atoms with Crippen molar-refractivity contribution in [2.75, 3.05) is 0 Å². The molecule has 0 radical (unpaired) electrons. The molecule has 0 saturated carbocycles. The molecule has 0 spiro atoms. The number of hydrogen-bond acceptors (Lipinski definition) is 3. The van der Waals surface area contributed by atoms with Gasteiger partial charge in [0, 0.05) is 17.2 Å². The van der Waals surface area contributed by atoms with Gasteiger partial charge < -0.3 is 0 Å². The number of carbonyl (C=O) groups excluding carboxylic acids is 1. The van der Waals surface area contributed by atoms with Crippen LogP contribution in [0.1, 0.15) is 21.5 Å². The maximum absolute atomic E-state index is 13.0. The zero-order valence-corrected chi connectivity index (χ0v) is 14.0. The average Bonchev–Trinajstić information content (AvgIpc) is 2.57. The van der Waals surface area contributed by atoms with Crippen LogP contribution in [0.3, 0.4) is 0 Å². The van der Waals surface area contributed by atoms with Gasteiger partial charge in [0.2, 0.25) is 0 Å². The lowest BCUT2D eigenvalue weighted by atomic mass is 10.0. The molecule has 0 aliphatic rings. The number of hydrogen-bond donors (Lipinski definition) is 0. The Morgan fingerprint density at radius 3 is 2.44 bits per heavy atom. The van der Waals surface area contributed by atoms with Crippen molar-refractivity contribution in [2.24, 2.45) is 0 Å². The van der Waals surface area contributed by atoms with E-state index >= 15 is 0 Å². The fraction of sp³-hybridized carbons (Fsp3) is 0.150. The molecule has 0 fully saturated rings. The van der Waals surface area contributed by atoms with Crippen LogP contribution in [-0.2, 0) is 6.54 Å². The van der Waals surface area contributed by atoms with E-state index in [1.165, 1.54) is 29.1 Å². The van der Waals surface area contributed by atoms with Crippen molar-refractivity contribution in [3.8, 4) is 11.3 Å². The van der Waals surface area contributed by atoms with Crippen LogP contribution in [0.15, 0.2) is 59.7 Å². The van der Waals surface area contributed by atoms with Crippen LogP contribution in [0.2, 0.25) is 0 Å². The zero-order chi connectivity index (χ0) is 18.0. The highest BCUT2D eigenvalue weighted by Crippen LogP contribution is 2.15. The minimum atomic E-state index is -0.351. The van der Waals surface area contributed by atoms with E-state index in [2.05, 4.69) is 4.98 Å². The number of aromatic nitrogens is 2. The van der Waals surface area contributed by atoms with E-state index < -0.39 is 0 Å². The van der Waals surface area contributed by atoms with E-state index in [0.29, 0.717) is 16.8 Å². The topological polar surface area (TPSA) is 52.0 Å². The molecule has 0 amide bonds. The van der Waals surface area contributed by atoms with Crippen LogP contribution in [0, 0.1) is 19.7 Å². The standard InChI is InChI=1S/C20H17FN2O2/c1-13-3-8-17(14(2)9-13)19(24)11-23-12-22-18(10-20(23)25)15-4-6-16(21)7-5-15/h3-10,12H,11H2,1-2H3. The number of aryl methyl sites for hydroxylation is 2. The quantitative estimate of drug-likeness (QED) is 0.685. The lowest BCUT2D eigenvalue weighted by Gasteiger charge is -2.08. The molecule has 3 aromatic rings. The van der Waals surface area contributed by atoms with Crippen molar-refractivity contribution in [3.63, 3.8) is 0 Å². The Hall–Kier alpha value is -3.08. The minimum absolute atomic E-state index is 0.0700. The second-order valence-electron chi connectivity index (χ2n) is 5.99. The first-order valence-electron chi connectivity index (χ1n) is 7.87. The van der Waals surface area contributed by atoms with E-state index in [0.717, 1.165) is 11.1 Å². The van der Waals surface area contributed by atoms with Crippen LogP contribution in [0.25, 0.3) is 11.3 Å². The second-order valence-corrected chi connectivity index (χ2v) is 5.99. The molecule has 0 unspecified atom stereocenters. The Morgan fingerprint density at radius 2 is 1.80 bits per heavy atom. The maximum atomic E-state index is 13.0. The third kappa shape index (κ3) is 3.71. The van der Waals surface area contributed by atoms with E-state index in [1.807, 2.05) is 26.0 Å². The molecular weight excluding hydrogens is 319 g/mol. The molecule has 3 rings (SSSR count). The molecule has 0 saturated heterocycles. The Morgan fingerprint density at radius 1 is 1.08 bits per heavy atom. The molecule has 0 bridgehead atoms. The summed E-state index contributed by atoms with van der Waals surface area (Å²) in [7, 11) is 0. The van der Waals surface area contributed by atoms with Crippen molar-refractivity contribution in [2.45, 2.75) is 20.4 Å². The Bertz CT molecular complexity index is 991. The number of nitrogens with zero attached hydrogens (tertiary/aromatic N) is 2. The van der Waals surface area contributed by atoms with Gasteiger partial charge in [0.05, 0.1) is 18.6 Å². The van der Waals surface area contributed by atoms with Crippen LogP contribution in [-0.4, -0.2) is 15.3 Å². The monoisotopic (exact) mass is 336 g/mol. The molecule has 0 N–H and O–H groups in total. The van der Waals surface area contributed by atoms with E-state index in [-0.39, 0.29) is 23.7 Å². The zero-order valence-electron chi connectivity index (χ0n) is 14.0. The summed E-state index contributed by atoms with van der Waals surface area (Å²) in [4.78, 5) is 29.0. The van der Waals surface area contributed by atoms with Gasteiger partial charge in [-0.15, -0.1) is 0 Å². The summed E-state index contributed by atoms with van der Waals surface area (Å²) in [5, 5.41) is 0. The van der Waals surface area contributed by atoms with E-state index in [4.69, 9.17) is 0 Å². The average molecular weight is 336 g/mol. The minimum Gasteiger partial charge on any atom is -0.292 e. The number of benzene rings is 2. The Labute approximate surface area is 144 Å². The maximum Gasteiger partial charge on any atom is 0.254 e. The van der Waals surface area contributed by atoms with Gasteiger partial charge in [-0.1, -0.05) is 23.8 Å². The van der Waals surface area contributed by atoms with Gasteiger partial charge in [0.1, 0.15) is 5.82 Å². The van der Waals surface area contributed by atoms with Crippen LogP contribution < -0.4 is 5.56 Å². The predicted molar refractivity (Wildman–Crippen MR) is 94.1 cm³/mol. The van der Waals surface area contributed by atoms with Crippen molar-refractivity contribution in [1.82, 2.24) is 9.55 Å². The second kappa shape index (κ2) is 6.81. The highest BCUT2D eigenvalue weighted by Gasteiger charge is 2.12. The van der Waals surface area contributed by atoms with Gasteiger partial charge in [-0.2, -0.15) is 0 Å². The smallest absolute Gasteiger partial charge is 0.254 e. The van der Waals surface area contributed by atoms with Gasteiger partial charge in [-0.05, 0) is 43.7 Å². The van der Waals surface area contributed by atoms with Gasteiger partial charge >= 0.3 is 0 Å². The lowest BCUT2D eigenvalue weighted by Crippen LogP contribution is -2.24. The van der Waals surface area contributed by atoms with Crippen molar-refractivity contribution in [3.05, 3.63) is 87.7 Å². The molecule has 2 aromatic carbocycles. The highest BCUT2D eigenvalue weighted by atomic mass is 19.1. The van der Waals surface area contributed by atoms with Crippen molar-refractivity contribution >= 4 is 5.78 Å².